The molecule has 0 aliphatic heterocycles. The lowest BCUT2D eigenvalue weighted by Gasteiger charge is -2.09. The van der Waals surface area contributed by atoms with Crippen LogP contribution in [-0.2, 0) is 6.42 Å². The number of rotatable bonds is 7. The molecule has 3 aromatic rings. The summed E-state index contributed by atoms with van der Waals surface area (Å²) in [6.07, 6.45) is 2.73. The molecule has 0 bridgehead atoms. The van der Waals surface area contributed by atoms with Gasteiger partial charge in [-0.2, -0.15) is 0 Å². The van der Waals surface area contributed by atoms with E-state index in [9.17, 15) is 9.18 Å². The quantitative estimate of drug-likeness (QED) is 0.578. The van der Waals surface area contributed by atoms with Crippen LogP contribution < -0.4 is 15.4 Å². The highest BCUT2D eigenvalue weighted by Crippen LogP contribution is 2.17. The van der Waals surface area contributed by atoms with Crippen LogP contribution in [0.3, 0.4) is 0 Å². The number of amides is 2. The van der Waals surface area contributed by atoms with Gasteiger partial charge in [0, 0.05) is 23.6 Å². The molecule has 0 saturated heterocycles. The van der Waals surface area contributed by atoms with Crippen molar-refractivity contribution in [3.8, 4) is 5.75 Å². The molecule has 0 radical (unpaired) electrons. The maximum Gasteiger partial charge on any atom is 0.314 e. The number of carbonyl (C=O) groups is 1. The first-order valence-corrected chi connectivity index (χ1v) is 8.17. The molecule has 25 heavy (non-hydrogen) atoms. The average molecular weight is 341 g/mol. The standard InChI is InChI=1S/C19H20FN3O2/c20-15-5-7-16(8-6-15)25-12-11-22-19(24)21-10-9-14-13-23-18-4-2-1-3-17(14)18/h1-8,13,23H,9-12H2,(H2,21,22,24). The normalized spacial score (nSPS) is 10.6. The Morgan fingerprint density at radius 2 is 1.80 bits per heavy atom. The van der Waals surface area contributed by atoms with Crippen molar-refractivity contribution >= 4 is 16.9 Å². The van der Waals surface area contributed by atoms with E-state index in [4.69, 9.17) is 4.74 Å². The lowest BCUT2D eigenvalue weighted by atomic mass is 10.1. The molecular weight excluding hydrogens is 321 g/mol. The molecule has 0 atom stereocenters. The molecule has 0 saturated carbocycles. The van der Waals surface area contributed by atoms with Crippen LogP contribution in [0.4, 0.5) is 9.18 Å². The molecule has 3 N–H and O–H groups in total. The van der Waals surface area contributed by atoms with E-state index in [-0.39, 0.29) is 11.8 Å². The number of para-hydroxylation sites is 1. The summed E-state index contributed by atoms with van der Waals surface area (Å²) in [6.45, 7) is 1.24. The third-order valence-electron chi connectivity index (χ3n) is 3.82. The van der Waals surface area contributed by atoms with E-state index in [2.05, 4.69) is 21.7 Å². The van der Waals surface area contributed by atoms with Crippen LogP contribution in [0.5, 0.6) is 5.75 Å². The van der Waals surface area contributed by atoms with Gasteiger partial charge in [-0.1, -0.05) is 18.2 Å². The van der Waals surface area contributed by atoms with Crippen LogP contribution >= 0.6 is 0 Å². The number of urea groups is 1. The van der Waals surface area contributed by atoms with Gasteiger partial charge in [0.25, 0.3) is 0 Å². The minimum absolute atomic E-state index is 0.234. The number of H-pyrrole nitrogens is 1. The maximum atomic E-state index is 12.8. The number of hydrogen-bond acceptors (Lipinski definition) is 2. The second kappa shape index (κ2) is 8.19. The summed E-state index contributed by atoms with van der Waals surface area (Å²) in [5, 5.41) is 6.73. The molecule has 2 amide bonds. The Bertz CT molecular complexity index is 830. The van der Waals surface area contributed by atoms with Crippen molar-refractivity contribution in [2.45, 2.75) is 6.42 Å². The van der Waals surface area contributed by atoms with Gasteiger partial charge in [0.15, 0.2) is 0 Å². The molecule has 0 aliphatic rings. The minimum Gasteiger partial charge on any atom is -0.492 e. The zero-order valence-electron chi connectivity index (χ0n) is 13.7. The lowest BCUT2D eigenvalue weighted by molar-refractivity contribution is 0.236. The second-order valence-corrected chi connectivity index (χ2v) is 5.59. The lowest BCUT2D eigenvalue weighted by Crippen LogP contribution is -2.38. The fourth-order valence-electron chi connectivity index (χ4n) is 2.58. The van der Waals surface area contributed by atoms with E-state index < -0.39 is 0 Å². The molecule has 1 aromatic heterocycles. The van der Waals surface area contributed by atoms with Crippen LogP contribution in [-0.4, -0.2) is 30.7 Å². The Kier molecular flexibility index (Phi) is 5.51. The number of aromatic nitrogens is 1. The molecule has 0 aliphatic carbocycles. The summed E-state index contributed by atoms with van der Waals surface area (Å²) < 4.78 is 18.2. The highest BCUT2D eigenvalue weighted by molar-refractivity contribution is 5.83. The van der Waals surface area contributed by atoms with E-state index >= 15 is 0 Å². The summed E-state index contributed by atoms with van der Waals surface area (Å²) in [5.41, 5.74) is 2.27. The minimum atomic E-state index is -0.306. The summed E-state index contributed by atoms with van der Waals surface area (Å²) in [6, 6.07) is 13.6. The Morgan fingerprint density at radius 1 is 1.04 bits per heavy atom. The van der Waals surface area contributed by atoms with Gasteiger partial charge in [0.2, 0.25) is 0 Å². The number of fused-ring (bicyclic) bond motifs is 1. The third kappa shape index (κ3) is 4.73. The molecule has 3 rings (SSSR count). The van der Waals surface area contributed by atoms with Crippen LogP contribution in [0.2, 0.25) is 0 Å². The summed E-state index contributed by atoms with van der Waals surface area (Å²) in [5.74, 6) is 0.267. The summed E-state index contributed by atoms with van der Waals surface area (Å²) in [7, 11) is 0. The molecule has 6 heteroatoms. The SMILES string of the molecule is O=C(NCCOc1ccc(F)cc1)NCCc1c[nH]c2ccccc12. The zero-order chi connectivity index (χ0) is 17.5. The molecular formula is C19H20FN3O2. The van der Waals surface area contributed by atoms with Gasteiger partial charge in [-0.15, -0.1) is 0 Å². The van der Waals surface area contributed by atoms with E-state index in [0.29, 0.717) is 25.4 Å². The number of aromatic amines is 1. The van der Waals surface area contributed by atoms with Crippen molar-refractivity contribution in [2.24, 2.45) is 0 Å². The largest absolute Gasteiger partial charge is 0.492 e. The molecule has 1 heterocycles. The number of nitrogens with one attached hydrogen (secondary N) is 3. The van der Waals surface area contributed by atoms with Gasteiger partial charge < -0.3 is 20.4 Å². The number of benzene rings is 2. The molecule has 2 aromatic carbocycles. The van der Waals surface area contributed by atoms with E-state index in [1.54, 1.807) is 12.1 Å². The monoisotopic (exact) mass is 341 g/mol. The number of halogens is 1. The van der Waals surface area contributed by atoms with E-state index in [1.165, 1.54) is 23.1 Å². The van der Waals surface area contributed by atoms with Gasteiger partial charge in [0.05, 0.1) is 6.54 Å². The Morgan fingerprint density at radius 3 is 2.64 bits per heavy atom. The highest BCUT2D eigenvalue weighted by Gasteiger charge is 2.04. The molecule has 0 unspecified atom stereocenters. The fraction of sp³-hybridized carbons (Fsp3) is 0.211. The Hall–Kier alpha value is -3.02. The first-order valence-electron chi connectivity index (χ1n) is 8.17. The van der Waals surface area contributed by atoms with Crippen molar-refractivity contribution in [3.63, 3.8) is 0 Å². The Balaban J connectivity index is 1.33. The van der Waals surface area contributed by atoms with Crippen molar-refractivity contribution < 1.29 is 13.9 Å². The first kappa shape index (κ1) is 16.8. The average Bonchev–Trinajstić information content (AvgIpc) is 3.04. The van der Waals surface area contributed by atoms with Crippen LogP contribution in [0.25, 0.3) is 10.9 Å². The van der Waals surface area contributed by atoms with Gasteiger partial charge >= 0.3 is 6.03 Å². The van der Waals surface area contributed by atoms with Crippen molar-refractivity contribution in [1.82, 2.24) is 15.6 Å². The molecule has 0 spiro atoms. The Labute approximate surface area is 145 Å². The van der Waals surface area contributed by atoms with Crippen molar-refractivity contribution in [1.29, 1.82) is 0 Å². The van der Waals surface area contributed by atoms with Gasteiger partial charge in [-0.3, -0.25) is 0 Å². The first-order chi connectivity index (χ1) is 12.2. The highest BCUT2D eigenvalue weighted by atomic mass is 19.1. The smallest absolute Gasteiger partial charge is 0.314 e. The molecule has 5 nitrogen and oxygen atoms in total. The van der Waals surface area contributed by atoms with Crippen LogP contribution in [0.1, 0.15) is 5.56 Å². The molecule has 0 fully saturated rings. The second-order valence-electron chi connectivity index (χ2n) is 5.59. The number of carbonyl (C=O) groups excluding carboxylic acids is 1. The topological polar surface area (TPSA) is 66.2 Å². The van der Waals surface area contributed by atoms with E-state index in [0.717, 1.165) is 11.9 Å². The number of ether oxygens (including phenoxy) is 1. The number of hydrogen-bond donors (Lipinski definition) is 3. The molecule has 130 valence electrons. The maximum absolute atomic E-state index is 12.8. The van der Waals surface area contributed by atoms with Crippen LogP contribution in [0, 0.1) is 5.82 Å². The van der Waals surface area contributed by atoms with Gasteiger partial charge in [-0.25, -0.2) is 9.18 Å². The van der Waals surface area contributed by atoms with Crippen LogP contribution in [0.15, 0.2) is 54.7 Å². The predicted molar refractivity (Wildman–Crippen MR) is 95.3 cm³/mol. The van der Waals surface area contributed by atoms with Crippen molar-refractivity contribution in [3.05, 3.63) is 66.1 Å². The van der Waals surface area contributed by atoms with Gasteiger partial charge in [-0.05, 0) is 42.3 Å². The fourth-order valence-corrected chi connectivity index (χ4v) is 2.58. The van der Waals surface area contributed by atoms with E-state index in [1.807, 2.05) is 24.4 Å². The summed E-state index contributed by atoms with van der Waals surface area (Å²) in [4.78, 5) is 15.0. The zero-order valence-corrected chi connectivity index (χ0v) is 13.7. The van der Waals surface area contributed by atoms with Gasteiger partial charge in [0.1, 0.15) is 18.2 Å². The third-order valence-corrected chi connectivity index (χ3v) is 3.82. The summed E-state index contributed by atoms with van der Waals surface area (Å²) >= 11 is 0. The van der Waals surface area contributed by atoms with Crippen molar-refractivity contribution in [2.75, 3.05) is 19.7 Å². The predicted octanol–water partition coefficient (Wildman–Crippen LogP) is 3.23.